The fourth-order valence-electron chi connectivity index (χ4n) is 1.90. The molecule has 0 radical (unpaired) electrons. The lowest BCUT2D eigenvalue weighted by molar-refractivity contribution is -0.138. The maximum absolute atomic E-state index is 8.84. The zero-order valence-corrected chi connectivity index (χ0v) is 10.5. The first-order valence-corrected chi connectivity index (χ1v) is 6.46. The number of ether oxygens (including phenoxy) is 2. The molecule has 1 fully saturated rings. The molecule has 1 atom stereocenters. The fourth-order valence-corrected chi connectivity index (χ4v) is 2.80. The monoisotopic (exact) mass is 242 g/mol. The molecule has 1 aromatic rings. The molecule has 16 heavy (non-hydrogen) atoms. The first kappa shape index (κ1) is 12.0. The van der Waals surface area contributed by atoms with Crippen LogP contribution in [0.2, 0.25) is 0 Å². The van der Waals surface area contributed by atoms with Crippen molar-refractivity contribution < 1.29 is 14.6 Å². The molecule has 1 N–H and O–H groups in total. The van der Waals surface area contributed by atoms with E-state index in [2.05, 4.69) is 11.4 Å². The molecule has 0 bridgehead atoms. The quantitative estimate of drug-likeness (QED) is 0.877. The number of hydrogen-bond donors (Lipinski definition) is 1. The van der Waals surface area contributed by atoms with Gasteiger partial charge in [-0.15, -0.1) is 11.3 Å². The van der Waals surface area contributed by atoms with Gasteiger partial charge in [-0.2, -0.15) is 0 Å². The third kappa shape index (κ3) is 3.04. The Labute approximate surface area is 100 Å². The molecule has 1 aliphatic heterocycles. The summed E-state index contributed by atoms with van der Waals surface area (Å²) in [5.41, 5.74) is 1.28. The van der Waals surface area contributed by atoms with E-state index >= 15 is 0 Å². The Morgan fingerprint density at radius 3 is 3.00 bits per heavy atom. The Morgan fingerprint density at radius 2 is 2.38 bits per heavy atom. The number of aliphatic hydroxyl groups is 1. The van der Waals surface area contributed by atoms with Crippen LogP contribution in [0.1, 0.15) is 24.3 Å². The summed E-state index contributed by atoms with van der Waals surface area (Å²) in [6.45, 7) is 4.77. The summed E-state index contributed by atoms with van der Waals surface area (Å²) in [5, 5.41) is 11.0. The van der Waals surface area contributed by atoms with Crippen molar-refractivity contribution in [2.75, 3.05) is 13.2 Å². The van der Waals surface area contributed by atoms with Crippen LogP contribution in [-0.4, -0.2) is 30.2 Å². The second-order valence-electron chi connectivity index (χ2n) is 4.55. The molecule has 0 amide bonds. The smallest absolute Gasteiger partial charge is 0.163 e. The van der Waals surface area contributed by atoms with E-state index in [1.807, 2.05) is 13.8 Å². The minimum absolute atomic E-state index is 0.159. The Hall–Kier alpha value is -0.420. The molecule has 1 aliphatic rings. The lowest BCUT2D eigenvalue weighted by atomic mass is 10.1. The van der Waals surface area contributed by atoms with Crippen LogP contribution in [-0.2, 0) is 22.3 Å². The van der Waals surface area contributed by atoms with Gasteiger partial charge in [-0.05, 0) is 30.9 Å². The first-order valence-electron chi connectivity index (χ1n) is 5.58. The maximum atomic E-state index is 8.84. The molecule has 0 saturated carbocycles. The topological polar surface area (TPSA) is 38.7 Å². The van der Waals surface area contributed by atoms with Crippen LogP contribution >= 0.6 is 11.3 Å². The van der Waals surface area contributed by atoms with Gasteiger partial charge in [0.15, 0.2) is 5.79 Å². The van der Waals surface area contributed by atoms with E-state index in [1.165, 1.54) is 10.4 Å². The number of rotatable bonds is 4. The molecule has 1 aromatic heterocycles. The molecular formula is C12H18O3S. The summed E-state index contributed by atoms with van der Waals surface area (Å²) in [6.07, 6.45) is 1.80. The molecule has 0 spiro atoms. The van der Waals surface area contributed by atoms with E-state index in [-0.39, 0.29) is 12.7 Å². The van der Waals surface area contributed by atoms with Crippen molar-refractivity contribution in [2.45, 2.75) is 38.6 Å². The Kier molecular flexibility index (Phi) is 3.64. The highest BCUT2D eigenvalue weighted by molar-refractivity contribution is 7.10. The van der Waals surface area contributed by atoms with Crippen molar-refractivity contribution in [3.05, 3.63) is 21.9 Å². The van der Waals surface area contributed by atoms with Crippen LogP contribution < -0.4 is 0 Å². The molecule has 0 aliphatic carbocycles. The van der Waals surface area contributed by atoms with Gasteiger partial charge in [-0.3, -0.25) is 0 Å². The summed E-state index contributed by atoms with van der Waals surface area (Å²) < 4.78 is 11.3. The van der Waals surface area contributed by atoms with Crippen LogP contribution in [0, 0.1) is 0 Å². The standard InChI is InChI=1S/C12H18O3S/c1-12(2)14-7-10(15-12)5-9-6-11(3-4-13)16-8-9/h6,8,10,13H,3-5,7H2,1-2H3/t10-/m1/s1. The van der Waals surface area contributed by atoms with Crippen molar-refractivity contribution in [2.24, 2.45) is 0 Å². The lowest BCUT2D eigenvalue weighted by Gasteiger charge is -2.16. The molecule has 2 rings (SSSR count). The van der Waals surface area contributed by atoms with Crippen LogP contribution in [0.25, 0.3) is 0 Å². The minimum Gasteiger partial charge on any atom is -0.396 e. The highest BCUT2D eigenvalue weighted by Gasteiger charge is 2.32. The van der Waals surface area contributed by atoms with E-state index in [1.54, 1.807) is 11.3 Å². The van der Waals surface area contributed by atoms with E-state index in [0.717, 1.165) is 12.8 Å². The summed E-state index contributed by atoms with van der Waals surface area (Å²) in [7, 11) is 0. The molecule has 90 valence electrons. The van der Waals surface area contributed by atoms with Crippen LogP contribution in [0.3, 0.4) is 0 Å². The van der Waals surface area contributed by atoms with Gasteiger partial charge in [-0.25, -0.2) is 0 Å². The molecule has 2 heterocycles. The number of hydrogen-bond acceptors (Lipinski definition) is 4. The normalized spacial score (nSPS) is 23.8. The molecule has 0 aromatic carbocycles. The van der Waals surface area contributed by atoms with Gasteiger partial charge in [0.2, 0.25) is 0 Å². The summed E-state index contributed by atoms with van der Waals surface area (Å²) in [4.78, 5) is 1.23. The van der Waals surface area contributed by atoms with Crippen molar-refractivity contribution in [3.63, 3.8) is 0 Å². The van der Waals surface area contributed by atoms with Gasteiger partial charge in [0, 0.05) is 24.3 Å². The predicted molar refractivity (Wildman–Crippen MR) is 63.7 cm³/mol. The molecular weight excluding hydrogens is 224 g/mol. The summed E-state index contributed by atoms with van der Waals surface area (Å²) >= 11 is 1.70. The second kappa shape index (κ2) is 4.84. The summed E-state index contributed by atoms with van der Waals surface area (Å²) in [5.74, 6) is -0.436. The van der Waals surface area contributed by atoms with Crippen LogP contribution in [0.15, 0.2) is 11.4 Å². The molecule has 0 unspecified atom stereocenters. The summed E-state index contributed by atoms with van der Waals surface area (Å²) in [6, 6.07) is 2.15. The van der Waals surface area contributed by atoms with Gasteiger partial charge >= 0.3 is 0 Å². The van der Waals surface area contributed by atoms with Crippen molar-refractivity contribution in [1.82, 2.24) is 0 Å². The first-order chi connectivity index (χ1) is 7.59. The molecule has 3 nitrogen and oxygen atoms in total. The maximum Gasteiger partial charge on any atom is 0.163 e. The van der Waals surface area contributed by atoms with Crippen molar-refractivity contribution >= 4 is 11.3 Å². The average Bonchev–Trinajstić information content (AvgIpc) is 2.75. The lowest BCUT2D eigenvalue weighted by Crippen LogP contribution is -2.22. The molecule has 1 saturated heterocycles. The third-order valence-electron chi connectivity index (χ3n) is 2.60. The van der Waals surface area contributed by atoms with Gasteiger partial charge < -0.3 is 14.6 Å². The van der Waals surface area contributed by atoms with Crippen molar-refractivity contribution in [3.8, 4) is 0 Å². The van der Waals surface area contributed by atoms with E-state index in [9.17, 15) is 0 Å². The van der Waals surface area contributed by atoms with Crippen molar-refractivity contribution in [1.29, 1.82) is 0 Å². The third-order valence-corrected chi connectivity index (χ3v) is 3.64. The highest BCUT2D eigenvalue weighted by Crippen LogP contribution is 2.26. The van der Waals surface area contributed by atoms with Gasteiger partial charge in [0.25, 0.3) is 0 Å². The Morgan fingerprint density at radius 1 is 1.56 bits per heavy atom. The Bertz CT molecular complexity index is 346. The second-order valence-corrected chi connectivity index (χ2v) is 5.55. The van der Waals surface area contributed by atoms with Gasteiger partial charge in [0.1, 0.15) is 0 Å². The highest BCUT2D eigenvalue weighted by atomic mass is 32.1. The number of thiophene rings is 1. The van der Waals surface area contributed by atoms with E-state index in [4.69, 9.17) is 14.6 Å². The van der Waals surface area contributed by atoms with Gasteiger partial charge in [0.05, 0.1) is 12.7 Å². The zero-order chi connectivity index (χ0) is 11.6. The van der Waals surface area contributed by atoms with E-state index < -0.39 is 5.79 Å². The van der Waals surface area contributed by atoms with Crippen LogP contribution in [0.5, 0.6) is 0 Å². The SMILES string of the molecule is CC1(C)OC[C@@H](Cc2csc(CCO)c2)O1. The molecule has 4 heteroatoms. The van der Waals surface area contributed by atoms with Crippen LogP contribution in [0.4, 0.5) is 0 Å². The minimum atomic E-state index is -0.436. The fraction of sp³-hybridized carbons (Fsp3) is 0.667. The Balaban J connectivity index is 1.89. The predicted octanol–water partition coefficient (Wildman–Crippen LogP) is 1.98. The van der Waals surface area contributed by atoms with E-state index in [0.29, 0.717) is 6.61 Å². The zero-order valence-electron chi connectivity index (χ0n) is 9.73. The number of aliphatic hydroxyl groups excluding tert-OH is 1. The average molecular weight is 242 g/mol. The van der Waals surface area contributed by atoms with Gasteiger partial charge in [-0.1, -0.05) is 0 Å². The largest absolute Gasteiger partial charge is 0.396 e.